The minimum Gasteiger partial charge on any atom is -0.467 e. The number of fused-ring (bicyclic) bond motifs is 1. The van der Waals surface area contributed by atoms with Gasteiger partial charge in [-0.05, 0) is 31.4 Å². The second-order valence-corrected chi connectivity index (χ2v) is 5.05. The fourth-order valence-corrected chi connectivity index (χ4v) is 2.75. The van der Waals surface area contributed by atoms with Crippen molar-refractivity contribution in [3.05, 3.63) is 41.6 Å². The van der Waals surface area contributed by atoms with Crippen molar-refractivity contribution in [3.63, 3.8) is 0 Å². The standard InChI is InChI=1S/C14H19N3O2/c1-17-12-5-2-4-11(10(12)8-16-17)15-9-13(18)14-6-3-7-19-14/h3,6-8,11,13,15,18H,2,4-5,9H2,1H3. The number of aromatic nitrogens is 2. The Balaban J connectivity index is 1.65. The summed E-state index contributed by atoms with van der Waals surface area (Å²) in [6, 6.07) is 3.86. The quantitative estimate of drug-likeness (QED) is 0.879. The molecule has 2 atom stereocenters. The van der Waals surface area contributed by atoms with Crippen molar-refractivity contribution >= 4 is 0 Å². The lowest BCUT2D eigenvalue weighted by atomic mass is 9.93. The van der Waals surface area contributed by atoms with Crippen LogP contribution in [0.3, 0.4) is 0 Å². The molecule has 5 nitrogen and oxygen atoms in total. The second-order valence-electron chi connectivity index (χ2n) is 5.05. The lowest BCUT2D eigenvalue weighted by molar-refractivity contribution is 0.142. The second kappa shape index (κ2) is 5.19. The number of aliphatic hydroxyl groups is 1. The summed E-state index contributed by atoms with van der Waals surface area (Å²) in [7, 11) is 1.99. The van der Waals surface area contributed by atoms with Crippen LogP contribution in [0.15, 0.2) is 29.0 Å². The topological polar surface area (TPSA) is 63.2 Å². The Morgan fingerprint density at radius 2 is 2.53 bits per heavy atom. The monoisotopic (exact) mass is 261 g/mol. The maximum absolute atomic E-state index is 10.0. The molecule has 0 aliphatic heterocycles. The SMILES string of the molecule is Cn1ncc2c1CCCC2NCC(O)c1ccco1. The number of aliphatic hydroxyl groups excluding tert-OH is 1. The van der Waals surface area contributed by atoms with Gasteiger partial charge in [0.1, 0.15) is 11.9 Å². The first kappa shape index (κ1) is 12.4. The number of rotatable bonds is 4. The summed E-state index contributed by atoms with van der Waals surface area (Å²) >= 11 is 0. The van der Waals surface area contributed by atoms with Gasteiger partial charge in [0.25, 0.3) is 0 Å². The van der Waals surface area contributed by atoms with Crippen LogP contribution in [0.4, 0.5) is 0 Å². The molecule has 0 saturated heterocycles. The largest absolute Gasteiger partial charge is 0.467 e. The van der Waals surface area contributed by atoms with E-state index in [1.807, 2.05) is 17.9 Å². The minimum atomic E-state index is -0.600. The number of aryl methyl sites for hydroxylation is 1. The molecule has 3 rings (SSSR count). The number of furan rings is 1. The van der Waals surface area contributed by atoms with Crippen LogP contribution >= 0.6 is 0 Å². The number of nitrogens with one attached hydrogen (secondary N) is 1. The zero-order valence-electron chi connectivity index (χ0n) is 11.0. The first-order valence-electron chi connectivity index (χ1n) is 6.71. The average Bonchev–Trinajstić information content (AvgIpc) is 3.07. The van der Waals surface area contributed by atoms with Crippen LogP contribution in [0.2, 0.25) is 0 Å². The first-order chi connectivity index (χ1) is 9.25. The molecule has 5 heteroatoms. The van der Waals surface area contributed by atoms with Crippen LogP contribution < -0.4 is 5.32 Å². The summed E-state index contributed by atoms with van der Waals surface area (Å²) in [5.74, 6) is 0.606. The van der Waals surface area contributed by atoms with E-state index in [1.54, 1.807) is 18.4 Å². The van der Waals surface area contributed by atoms with Gasteiger partial charge in [0.15, 0.2) is 0 Å². The van der Waals surface area contributed by atoms with E-state index >= 15 is 0 Å². The number of hydrogen-bond acceptors (Lipinski definition) is 4. The van der Waals surface area contributed by atoms with Crippen molar-refractivity contribution in [1.82, 2.24) is 15.1 Å². The summed E-state index contributed by atoms with van der Waals surface area (Å²) in [6.45, 7) is 0.493. The van der Waals surface area contributed by atoms with Gasteiger partial charge in [0, 0.05) is 30.9 Å². The van der Waals surface area contributed by atoms with E-state index < -0.39 is 6.10 Å². The third-order valence-electron chi connectivity index (χ3n) is 3.80. The van der Waals surface area contributed by atoms with E-state index in [4.69, 9.17) is 4.42 Å². The summed E-state index contributed by atoms with van der Waals surface area (Å²) in [5, 5.41) is 17.8. The summed E-state index contributed by atoms with van der Waals surface area (Å²) in [4.78, 5) is 0. The Kier molecular flexibility index (Phi) is 3.40. The Morgan fingerprint density at radius 1 is 1.63 bits per heavy atom. The van der Waals surface area contributed by atoms with Crippen molar-refractivity contribution in [2.24, 2.45) is 7.05 Å². The van der Waals surface area contributed by atoms with Crippen LogP contribution in [-0.4, -0.2) is 21.4 Å². The van der Waals surface area contributed by atoms with Gasteiger partial charge in [-0.25, -0.2) is 0 Å². The van der Waals surface area contributed by atoms with Gasteiger partial charge in [0.05, 0.1) is 12.5 Å². The van der Waals surface area contributed by atoms with Gasteiger partial charge >= 0.3 is 0 Å². The molecule has 0 radical (unpaired) electrons. The van der Waals surface area contributed by atoms with E-state index in [0.717, 1.165) is 19.3 Å². The molecule has 0 saturated carbocycles. The van der Waals surface area contributed by atoms with Crippen molar-refractivity contribution in [2.45, 2.75) is 31.4 Å². The molecule has 2 aromatic rings. The van der Waals surface area contributed by atoms with E-state index in [2.05, 4.69) is 10.4 Å². The molecule has 19 heavy (non-hydrogen) atoms. The lowest BCUT2D eigenvalue weighted by Gasteiger charge is -2.24. The van der Waals surface area contributed by atoms with Gasteiger partial charge < -0.3 is 14.8 Å². The fraction of sp³-hybridized carbons (Fsp3) is 0.500. The van der Waals surface area contributed by atoms with Gasteiger partial charge in [-0.3, -0.25) is 4.68 Å². The first-order valence-corrected chi connectivity index (χ1v) is 6.71. The molecule has 2 heterocycles. The molecule has 0 fully saturated rings. The predicted octanol–water partition coefficient (Wildman–Crippen LogP) is 1.71. The summed E-state index contributed by atoms with van der Waals surface area (Å²) < 4.78 is 7.15. The number of nitrogens with zero attached hydrogens (tertiary/aromatic N) is 2. The maximum atomic E-state index is 10.0. The van der Waals surface area contributed by atoms with Gasteiger partial charge in [0.2, 0.25) is 0 Å². The molecule has 0 aromatic carbocycles. The highest BCUT2D eigenvalue weighted by Crippen LogP contribution is 2.29. The molecular weight excluding hydrogens is 242 g/mol. The van der Waals surface area contributed by atoms with Crippen molar-refractivity contribution in [3.8, 4) is 0 Å². The Hall–Kier alpha value is -1.59. The maximum Gasteiger partial charge on any atom is 0.133 e. The Morgan fingerprint density at radius 3 is 3.32 bits per heavy atom. The van der Waals surface area contributed by atoms with E-state index in [1.165, 1.54) is 11.3 Å². The van der Waals surface area contributed by atoms with Gasteiger partial charge in [-0.15, -0.1) is 0 Å². The molecule has 1 aliphatic rings. The highest BCUT2D eigenvalue weighted by molar-refractivity contribution is 5.24. The van der Waals surface area contributed by atoms with Gasteiger partial charge in [-0.2, -0.15) is 5.10 Å². The molecule has 2 unspecified atom stereocenters. The van der Waals surface area contributed by atoms with Crippen molar-refractivity contribution in [2.75, 3.05) is 6.54 Å². The summed E-state index contributed by atoms with van der Waals surface area (Å²) in [6.07, 6.45) is 6.25. The normalized spacial score (nSPS) is 20.2. The zero-order valence-corrected chi connectivity index (χ0v) is 11.0. The molecule has 0 bridgehead atoms. The molecule has 0 amide bonds. The number of hydrogen-bond donors (Lipinski definition) is 2. The fourth-order valence-electron chi connectivity index (χ4n) is 2.75. The lowest BCUT2D eigenvalue weighted by Crippen LogP contribution is -2.29. The molecule has 2 aromatic heterocycles. The van der Waals surface area contributed by atoms with Crippen molar-refractivity contribution < 1.29 is 9.52 Å². The van der Waals surface area contributed by atoms with E-state index in [9.17, 15) is 5.11 Å². The predicted molar refractivity (Wildman–Crippen MR) is 70.6 cm³/mol. The molecule has 1 aliphatic carbocycles. The third-order valence-corrected chi connectivity index (χ3v) is 3.80. The van der Waals surface area contributed by atoms with E-state index in [0.29, 0.717) is 12.3 Å². The molecular formula is C14H19N3O2. The third kappa shape index (κ3) is 2.43. The smallest absolute Gasteiger partial charge is 0.133 e. The zero-order chi connectivity index (χ0) is 13.2. The molecule has 0 spiro atoms. The van der Waals surface area contributed by atoms with Gasteiger partial charge in [-0.1, -0.05) is 0 Å². The summed E-state index contributed by atoms with van der Waals surface area (Å²) in [5.41, 5.74) is 2.57. The molecule has 102 valence electrons. The van der Waals surface area contributed by atoms with Crippen LogP contribution in [0.1, 0.15) is 42.0 Å². The van der Waals surface area contributed by atoms with Crippen LogP contribution in [0, 0.1) is 0 Å². The highest BCUT2D eigenvalue weighted by Gasteiger charge is 2.24. The minimum absolute atomic E-state index is 0.280. The highest BCUT2D eigenvalue weighted by atomic mass is 16.4. The van der Waals surface area contributed by atoms with Crippen LogP contribution in [-0.2, 0) is 13.5 Å². The van der Waals surface area contributed by atoms with Crippen molar-refractivity contribution in [1.29, 1.82) is 0 Å². The average molecular weight is 261 g/mol. The Labute approximate surface area is 112 Å². The Bertz CT molecular complexity index is 533. The van der Waals surface area contributed by atoms with E-state index in [-0.39, 0.29) is 6.04 Å². The molecule has 2 N–H and O–H groups in total. The van der Waals surface area contributed by atoms with Crippen LogP contribution in [0.25, 0.3) is 0 Å². The van der Waals surface area contributed by atoms with Crippen LogP contribution in [0.5, 0.6) is 0 Å².